The van der Waals surface area contributed by atoms with Gasteiger partial charge < -0.3 is 5.32 Å². The van der Waals surface area contributed by atoms with Crippen LogP contribution in [0.5, 0.6) is 0 Å². The molecule has 0 bridgehead atoms. The summed E-state index contributed by atoms with van der Waals surface area (Å²) < 4.78 is 66.1. The number of para-hydroxylation sites is 1. The molecule has 3 aromatic carbocycles. The van der Waals surface area contributed by atoms with Crippen molar-refractivity contribution in [2.24, 2.45) is 0 Å². The van der Waals surface area contributed by atoms with Crippen molar-refractivity contribution in [3.05, 3.63) is 89.7 Å². The van der Waals surface area contributed by atoms with Crippen LogP contribution in [0.2, 0.25) is 0 Å². The molecule has 1 atom stereocenters. The Bertz CT molecular complexity index is 1590. The van der Waals surface area contributed by atoms with Gasteiger partial charge in [-0.25, -0.2) is 18.4 Å². The molecule has 0 radical (unpaired) electrons. The average molecular weight is 556 g/mol. The lowest BCUT2D eigenvalue weighted by Crippen LogP contribution is -2.49. The Morgan fingerprint density at radius 2 is 1.59 bits per heavy atom. The van der Waals surface area contributed by atoms with E-state index in [-0.39, 0.29) is 24.0 Å². The van der Waals surface area contributed by atoms with E-state index in [1.54, 1.807) is 0 Å². The van der Waals surface area contributed by atoms with Gasteiger partial charge in [0.25, 0.3) is 0 Å². The number of anilines is 2. The summed E-state index contributed by atoms with van der Waals surface area (Å²) in [6.07, 6.45) is -4.52. The number of fused-ring (bicyclic) bond motifs is 1. The Morgan fingerprint density at radius 3 is 2.26 bits per heavy atom. The van der Waals surface area contributed by atoms with Gasteiger partial charge in [0.1, 0.15) is 11.6 Å². The lowest BCUT2D eigenvalue weighted by Gasteiger charge is -2.37. The fraction of sp³-hybridized carbons (Fsp3) is 0.286. The third kappa shape index (κ3) is 5.75. The van der Waals surface area contributed by atoms with E-state index in [0.717, 1.165) is 46.4 Å². The van der Waals surface area contributed by atoms with E-state index < -0.39 is 21.8 Å². The van der Waals surface area contributed by atoms with E-state index in [2.05, 4.69) is 10.2 Å². The molecule has 11 heteroatoms. The van der Waals surface area contributed by atoms with Crippen molar-refractivity contribution >= 4 is 32.4 Å². The molecule has 2 heterocycles. The van der Waals surface area contributed by atoms with Crippen LogP contribution in [0.1, 0.15) is 29.9 Å². The van der Waals surface area contributed by atoms with E-state index in [4.69, 9.17) is 9.97 Å². The Kier molecular flexibility index (Phi) is 7.32. The van der Waals surface area contributed by atoms with E-state index in [1.807, 2.05) is 62.4 Å². The Hall–Kier alpha value is -3.54. The minimum absolute atomic E-state index is 0.151. The summed E-state index contributed by atoms with van der Waals surface area (Å²) in [4.78, 5) is 11.6. The van der Waals surface area contributed by atoms with Gasteiger partial charge in [-0.15, -0.1) is 0 Å². The van der Waals surface area contributed by atoms with Crippen LogP contribution in [0.3, 0.4) is 0 Å². The summed E-state index contributed by atoms with van der Waals surface area (Å²) in [5.74, 6) is 1.31. The van der Waals surface area contributed by atoms with Crippen LogP contribution < -0.4 is 5.32 Å². The first-order valence-corrected chi connectivity index (χ1v) is 14.0. The first-order valence-electron chi connectivity index (χ1n) is 12.5. The molecule has 1 aliphatic heterocycles. The molecule has 1 unspecified atom stereocenters. The summed E-state index contributed by atoms with van der Waals surface area (Å²) in [6.45, 7) is 5.27. The number of benzene rings is 3. The van der Waals surface area contributed by atoms with Crippen molar-refractivity contribution in [1.82, 2.24) is 19.2 Å². The maximum atomic E-state index is 13.1. The molecule has 0 spiro atoms. The van der Waals surface area contributed by atoms with E-state index in [9.17, 15) is 21.6 Å². The normalized spacial score (nSPS) is 16.3. The zero-order valence-electron chi connectivity index (χ0n) is 21.5. The number of aromatic nitrogens is 2. The summed E-state index contributed by atoms with van der Waals surface area (Å²) in [6, 6.07) is 19.2. The summed E-state index contributed by atoms with van der Waals surface area (Å²) in [5.41, 5.74) is 1.95. The Labute approximate surface area is 225 Å². The van der Waals surface area contributed by atoms with Gasteiger partial charge in [-0.3, -0.25) is 4.90 Å². The van der Waals surface area contributed by atoms with Gasteiger partial charge in [0.15, 0.2) is 0 Å². The largest absolute Gasteiger partial charge is 0.416 e. The van der Waals surface area contributed by atoms with Gasteiger partial charge >= 0.3 is 6.18 Å². The number of alkyl halides is 3. The number of piperazine rings is 1. The number of hydrogen-bond donors (Lipinski definition) is 1. The van der Waals surface area contributed by atoms with Gasteiger partial charge in [0.2, 0.25) is 10.0 Å². The fourth-order valence-electron chi connectivity index (χ4n) is 4.70. The van der Waals surface area contributed by atoms with Crippen LogP contribution in [0.25, 0.3) is 10.9 Å². The predicted molar refractivity (Wildman–Crippen MR) is 144 cm³/mol. The molecular weight excluding hydrogens is 527 g/mol. The van der Waals surface area contributed by atoms with Crippen molar-refractivity contribution in [3.8, 4) is 0 Å². The second kappa shape index (κ2) is 10.6. The number of sulfonamides is 1. The Balaban J connectivity index is 1.33. The maximum Gasteiger partial charge on any atom is 0.416 e. The van der Waals surface area contributed by atoms with E-state index >= 15 is 0 Å². The molecule has 7 nitrogen and oxygen atoms in total. The minimum Gasteiger partial charge on any atom is -0.340 e. The standard InChI is InChI=1S/C28H28F3N5O2S/c1-19-6-5-7-22(18-19)32-27-24-8-3-4-9-25(24)33-26(34-27)20(2)35-14-16-36(17-15-35)39(37,38)23-12-10-21(11-13-23)28(29,30)31/h3-13,18,20H,14-17H2,1-2H3,(H,32,33,34). The van der Waals surface area contributed by atoms with Crippen molar-refractivity contribution < 1.29 is 21.6 Å². The minimum atomic E-state index is -4.52. The van der Waals surface area contributed by atoms with Gasteiger partial charge in [-0.05, 0) is 67.9 Å². The first-order chi connectivity index (χ1) is 18.5. The highest BCUT2D eigenvalue weighted by Crippen LogP contribution is 2.31. The molecule has 39 heavy (non-hydrogen) atoms. The van der Waals surface area contributed by atoms with Gasteiger partial charge in [0.05, 0.1) is 22.0 Å². The summed E-state index contributed by atoms with van der Waals surface area (Å²) in [7, 11) is -3.91. The second-order valence-corrected chi connectivity index (χ2v) is 11.5. The van der Waals surface area contributed by atoms with E-state index in [1.165, 1.54) is 4.31 Å². The van der Waals surface area contributed by atoms with Crippen LogP contribution in [-0.4, -0.2) is 53.8 Å². The number of nitrogens with zero attached hydrogens (tertiary/aromatic N) is 4. The number of nitrogens with one attached hydrogen (secondary N) is 1. The number of aryl methyl sites for hydroxylation is 1. The summed E-state index contributed by atoms with van der Waals surface area (Å²) in [5, 5.41) is 4.31. The van der Waals surface area contributed by atoms with Gasteiger partial charge in [-0.1, -0.05) is 24.3 Å². The van der Waals surface area contributed by atoms with Crippen molar-refractivity contribution in [3.63, 3.8) is 0 Å². The molecule has 204 valence electrons. The van der Waals surface area contributed by atoms with Gasteiger partial charge in [0, 0.05) is 37.3 Å². The van der Waals surface area contributed by atoms with Crippen molar-refractivity contribution in [2.75, 3.05) is 31.5 Å². The third-order valence-electron chi connectivity index (χ3n) is 6.92. The number of rotatable bonds is 6. The zero-order valence-corrected chi connectivity index (χ0v) is 22.3. The summed E-state index contributed by atoms with van der Waals surface area (Å²) >= 11 is 0. The van der Waals surface area contributed by atoms with Crippen LogP contribution in [0.4, 0.5) is 24.7 Å². The zero-order chi connectivity index (χ0) is 27.8. The highest BCUT2D eigenvalue weighted by Gasteiger charge is 2.33. The van der Waals surface area contributed by atoms with Crippen LogP contribution in [-0.2, 0) is 16.2 Å². The molecule has 1 saturated heterocycles. The fourth-order valence-corrected chi connectivity index (χ4v) is 6.12. The van der Waals surface area contributed by atoms with Crippen LogP contribution in [0.15, 0.2) is 77.7 Å². The average Bonchev–Trinajstić information content (AvgIpc) is 2.92. The number of hydrogen-bond acceptors (Lipinski definition) is 6. The maximum absolute atomic E-state index is 13.1. The smallest absolute Gasteiger partial charge is 0.340 e. The van der Waals surface area contributed by atoms with Gasteiger partial charge in [-0.2, -0.15) is 17.5 Å². The van der Waals surface area contributed by atoms with Crippen molar-refractivity contribution in [1.29, 1.82) is 0 Å². The van der Waals surface area contributed by atoms with E-state index in [0.29, 0.717) is 24.7 Å². The SMILES string of the molecule is Cc1cccc(Nc2nc(C(C)N3CCN(S(=O)(=O)c4ccc(C(F)(F)F)cc4)CC3)nc3ccccc23)c1. The quantitative estimate of drug-likeness (QED) is 0.326. The molecule has 0 amide bonds. The molecule has 1 aliphatic rings. The van der Waals surface area contributed by atoms with Crippen molar-refractivity contribution in [2.45, 2.75) is 31.0 Å². The third-order valence-corrected chi connectivity index (χ3v) is 8.83. The Morgan fingerprint density at radius 1 is 0.897 bits per heavy atom. The highest BCUT2D eigenvalue weighted by atomic mass is 32.2. The van der Waals surface area contributed by atoms with Crippen LogP contribution >= 0.6 is 0 Å². The predicted octanol–water partition coefficient (Wildman–Crippen LogP) is 5.77. The molecule has 0 aliphatic carbocycles. The molecule has 1 aromatic heterocycles. The highest BCUT2D eigenvalue weighted by molar-refractivity contribution is 7.89. The molecular formula is C28H28F3N5O2S. The first kappa shape index (κ1) is 27.0. The molecule has 0 saturated carbocycles. The molecule has 5 rings (SSSR count). The molecule has 4 aromatic rings. The van der Waals surface area contributed by atoms with Crippen LogP contribution in [0, 0.1) is 6.92 Å². The molecule has 1 fully saturated rings. The lowest BCUT2D eigenvalue weighted by atomic mass is 10.1. The number of halogens is 3. The lowest BCUT2D eigenvalue weighted by molar-refractivity contribution is -0.137. The monoisotopic (exact) mass is 555 g/mol. The second-order valence-electron chi connectivity index (χ2n) is 9.58. The molecule has 1 N–H and O–H groups in total. The topological polar surface area (TPSA) is 78.4 Å².